The van der Waals surface area contributed by atoms with Crippen molar-refractivity contribution in [2.24, 2.45) is 0 Å². The zero-order chi connectivity index (χ0) is 18.4. The molecule has 144 valence electrons. The highest BCUT2D eigenvalue weighted by Gasteiger charge is 2.42. The van der Waals surface area contributed by atoms with Crippen LogP contribution in [0.15, 0.2) is 40.3 Å². The average Bonchev–Trinajstić information content (AvgIpc) is 3.22. The Balaban J connectivity index is 1.29. The van der Waals surface area contributed by atoms with Crippen LogP contribution >= 0.6 is 0 Å². The molecule has 2 aliphatic heterocycles. The minimum absolute atomic E-state index is 0.0147. The molecule has 0 radical (unpaired) electrons. The Hall–Kier alpha value is -1.97. The highest BCUT2D eigenvalue weighted by molar-refractivity contribution is 7.89. The fourth-order valence-electron chi connectivity index (χ4n) is 3.94. The zero-order valence-corrected chi connectivity index (χ0v) is 15.7. The van der Waals surface area contributed by atoms with Crippen LogP contribution in [0.3, 0.4) is 0 Å². The van der Waals surface area contributed by atoms with Crippen LogP contribution in [0, 0.1) is 0 Å². The van der Waals surface area contributed by atoms with Crippen LogP contribution in [-0.4, -0.2) is 53.1 Å². The lowest BCUT2D eigenvalue weighted by molar-refractivity contribution is -0.0102. The van der Waals surface area contributed by atoms with Gasteiger partial charge in [0.25, 0.3) is 10.0 Å². The van der Waals surface area contributed by atoms with Gasteiger partial charge in [-0.15, -0.1) is 0 Å². The van der Waals surface area contributed by atoms with E-state index in [4.69, 9.17) is 9.15 Å². The van der Waals surface area contributed by atoms with E-state index in [0.717, 1.165) is 25.0 Å². The van der Waals surface area contributed by atoms with Gasteiger partial charge in [-0.3, -0.25) is 9.88 Å². The van der Waals surface area contributed by atoms with Gasteiger partial charge in [0.15, 0.2) is 6.23 Å². The van der Waals surface area contributed by atoms with Gasteiger partial charge in [-0.1, -0.05) is 0 Å². The highest BCUT2D eigenvalue weighted by Crippen LogP contribution is 2.39. The normalized spacial score (nSPS) is 26.8. The second kappa shape index (κ2) is 6.57. The summed E-state index contributed by atoms with van der Waals surface area (Å²) in [5.74, 6) is 1.06. The van der Waals surface area contributed by atoms with Crippen molar-refractivity contribution in [1.29, 1.82) is 0 Å². The van der Waals surface area contributed by atoms with Crippen LogP contribution < -0.4 is 4.74 Å². The molecule has 8 nitrogen and oxygen atoms in total. The van der Waals surface area contributed by atoms with Crippen molar-refractivity contribution in [3.05, 3.63) is 36.5 Å². The van der Waals surface area contributed by atoms with Gasteiger partial charge in [0.1, 0.15) is 0 Å². The summed E-state index contributed by atoms with van der Waals surface area (Å²) in [6.45, 7) is 0.790. The van der Waals surface area contributed by atoms with E-state index < -0.39 is 10.0 Å². The number of fused-ring (bicyclic) bond motifs is 1. The highest BCUT2D eigenvalue weighted by atomic mass is 32.2. The Morgan fingerprint density at radius 1 is 1.11 bits per heavy atom. The molecule has 0 N–H and O–H groups in total. The number of aromatic nitrogens is 2. The van der Waals surface area contributed by atoms with E-state index >= 15 is 0 Å². The molecule has 1 aliphatic carbocycles. The van der Waals surface area contributed by atoms with E-state index in [1.165, 1.54) is 29.5 Å². The Kier molecular flexibility index (Phi) is 4.18. The summed E-state index contributed by atoms with van der Waals surface area (Å²) >= 11 is 0. The summed E-state index contributed by atoms with van der Waals surface area (Å²) in [5, 5.41) is -0.0147. The van der Waals surface area contributed by atoms with Crippen molar-refractivity contribution in [2.45, 2.75) is 55.4 Å². The lowest BCUT2D eigenvalue weighted by Crippen LogP contribution is -2.53. The molecule has 0 bridgehead atoms. The van der Waals surface area contributed by atoms with Gasteiger partial charge in [-0.25, -0.2) is 13.4 Å². The lowest BCUT2D eigenvalue weighted by Gasteiger charge is -2.38. The number of rotatable bonds is 5. The Morgan fingerprint density at radius 2 is 2.00 bits per heavy atom. The van der Waals surface area contributed by atoms with Gasteiger partial charge < -0.3 is 9.15 Å². The van der Waals surface area contributed by atoms with Crippen LogP contribution in [0.25, 0.3) is 0 Å². The third-order valence-corrected chi connectivity index (χ3v) is 7.33. The van der Waals surface area contributed by atoms with Gasteiger partial charge in [0.05, 0.1) is 31.0 Å². The number of sulfonamides is 1. The lowest BCUT2D eigenvalue weighted by atomic mass is 10.1. The van der Waals surface area contributed by atoms with Gasteiger partial charge >= 0.3 is 0 Å². The molecule has 0 amide bonds. The topological polar surface area (TPSA) is 88.8 Å². The van der Waals surface area contributed by atoms with Crippen molar-refractivity contribution in [3.8, 4) is 5.88 Å². The van der Waals surface area contributed by atoms with Crippen molar-refractivity contribution >= 4 is 10.0 Å². The van der Waals surface area contributed by atoms with Crippen LogP contribution in [0.5, 0.6) is 5.88 Å². The minimum Gasteiger partial charge on any atom is -0.457 e. The Bertz CT molecular complexity index is 896. The van der Waals surface area contributed by atoms with Gasteiger partial charge in [-0.2, -0.15) is 4.31 Å². The molecule has 0 unspecified atom stereocenters. The van der Waals surface area contributed by atoms with Crippen LogP contribution in [0.1, 0.15) is 43.7 Å². The maximum Gasteiger partial charge on any atom is 0.277 e. The Labute approximate surface area is 158 Å². The summed E-state index contributed by atoms with van der Waals surface area (Å²) in [4.78, 5) is 11.0. The summed E-state index contributed by atoms with van der Waals surface area (Å²) < 4.78 is 38.1. The van der Waals surface area contributed by atoms with Crippen LogP contribution in [-0.2, 0) is 10.0 Å². The van der Waals surface area contributed by atoms with Crippen molar-refractivity contribution in [2.75, 3.05) is 13.2 Å². The maximum absolute atomic E-state index is 12.8. The molecule has 2 aromatic heterocycles. The van der Waals surface area contributed by atoms with Gasteiger partial charge in [0.2, 0.25) is 11.0 Å². The summed E-state index contributed by atoms with van der Waals surface area (Å²) in [6.07, 6.45) is 9.67. The summed E-state index contributed by atoms with van der Waals surface area (Å²) in [7, 11) is -3.62. The first kappa shape index (κ1) is 17.2. The summed E-state index contributed by atoms with van der Waals surface area (Å²) in [5.41, 5.74) is 1.03. The van der Waals surface area contributed by atoms with Crippen LogP contribution in [0.4, 0.5) is 0 Å². The molecule has 0 spiro atoms. The molecule has 2 aromatic rings. The first-order valence-corrected chi connectivity index (χ1v) is 10.8. The molecular formula is C18H22N4O4S. The van der Waals surface area contributed by atoms with Crippen molar-refractivity contribution < 1.29 is 17.6 Å². The third kappa shape index (κ3) is 3.24. The van der Waals surface area contributed by atoms with E-state index in [1.54, 1.807) is 18.5 Å². The molecule has 27 heavy (non-hydrogen) atoms. The monoisotopic (exact) mass is 390 g/mol. The van der Waals surface area contributed by atoms with E-state index in [1.807, 2.05) is 0 Å². The average molecular weight is 390 g/mol. The largest absolute Gasteiger partial charge is 0.457 e. The quantitative estimate of drug-likeness (QED) is 0.773. The zero-order valence-electron chi connectivity index (χ0n) is 14.9. The summed E-state index contributed by atoms with van der Waals surface area (Å²) in [6, 6.07) is 3.40. The molecule has 5 rings (SSSR count). The second-order valence-corrected chi connectivity index (χ2v) is 9.28. The number of ether oxygens (including phenoxy) is 1. The maximum atomic E-state index is 12.8. The van der Waals surface area contributed by atoms with E-state index in [2.05, 4.69) is 14.9 Å². The molecular weight excluding hydrogens is 368 g/mol. The predicted octanol–water partition coefficient (Wildman–Crippen LogP) is 2.17. The third-order valence-electron chi connectivity index (χ3n) is 5.61. The fourth-order valence-corrected chi connectivity index (χ4v) is 5.25. The number of hydrogen-bond donors (Lipinski definition) is 0. The number of hydrogen-bond acceptors (Lipinski definition) is 7. The van der Waals surface area contributed by atoms with Gasteiger partial charge in [0, 0.05) is 18.5 Å². The number of furan rings is 1. The van der Waals surface area contributed by atoms with E-state index in [9.17, 15) is 8.42 Å². The first-order valence-electron chi connectivity index (χ1n) is 9.39. The SMILES string of the molecule is O=S(=O)(c1ccco1)N1CC[C@@H]2CC[C@H](Oc3cnc(C4CC4)cn3)N2C1. The van der Waals surface area contributed by atoms with Crippen molar-refractivity contribution in [1.82, 2.24) is 19.2 Å². The molecule has 2 atom stereocenters. The van der Waals surface area contributed by atoms with Crippen molar-refractivity contribution in [3.63, 3.8) is 0 Å². The predicted molar refractivity (Wildman–Crippen MR) is 95.4 cm³/mol. The molecule has 3 fully saturated rings. The molecule has 1 saturated carbocycles. The van der Waals surface area contributed by atoms with Crippen LogP contribution in [0.2, 0.25) is 0 Å². The molecule has 2 saturated heterocycles. The molecule has 9 heteroatoms. The van der Waals surface area contributed by atoms with E-state index in [0.29, 0.717) is 31.1 Å². The van der Waals surface area contributed by atoms with E-state index in [-0.39, 0.29) is 11.3 Å². The smallest absolute Gasteiger partial charge is 0.277 e. The molecule has 4 heterocycles. The number of nitrogens with zero attached hydrogens (tertiary/aromatic N) is 4. The standard InChI is InChI=1S/C18H22N4O4S/c23-27(24,18-2-1-9-25-18)21-8-7-14-5-6-17(22(14)12-21)26-16-11-19-15(10-20-16)13-3-4-13/h1-2,9-11,13-14,17H,3-8,12H2/t14-,17-/m0/s1. The second-order valence-electron chi connectivity index (χ2n) is 7.41. The Morgan fingerprint density at radius 3 is 2.70 bits per heavy atom. The molecule has 0 aromatic carbocycles. The van der Waals surface area contributed by atoms with Gasteiger partial charge in [-0.05, 0) is 44.2 Å². The fraction of sp³-hybridized carbons (Fsp3) is 0.556. The first-order chi connectivity index (χ1) is 13.1. The minimum atomic E-state index is -3.62. The molecule has 3 aliphatic rings.